The summed E-state index contributed by atoms with van der Waals surface area (Å²) in [5.41, 5.74) is 0. The molecule has 1 aromatic rings. The van der Waals surface area contributed by atoms with Crippen LogP contribution in [0.2, 0.25) is 0 Å². The average molecular weight is 270 g/mol. The normalized spacial score (nSPS) is 12.7. The van der Waals surface area contributed by atoms with Gasteiger partial charge in [0.05, 0.1) is 10.6 Å². The van der Waals surface area contributed by atoms with Crippen molar-refractivity contribution in [1.82, 2.24) is 0 Å². The van der Waals surface area contributed by atoms with Crippen molar-refractivity contribution in [3.63, 3.8) is 0 Å². The standard InChI is InChI=1S/C10H10F4O2S/c11-8-2-4-9(5-3-8)17(15,16)7-1-6-10(12,13)14/h2-5H,1,6-7H2. The van der Waals surface area contributed by atoms with E-state index in [1.165, 1.54) is 0 Å². The first kappa shape index (κ1) is 14.0. The Morgan fingerprint density at radius 2 is 1.59 bits per heavy atom. The fourth-order valence-electron chi connectivity index (χ4n) is 1.22. The highest BCUT2D eigenvalue weighted by Crippen LogP contribution is 2.23. The Bertz CT molecular complexity index is 462. The lowest BCUT2D eigenvalue weighted by Gasteiger charge is -2.06. The first-order valence-electron chi connectivity index (χ1n) is 4.76. The third-order valence-corrected chi connectivity index (χ3v) is 3.86. The number of alkyl halides is 3. The number of rotatable bonds is 4. The zero-order valence-corrected chi connectivity index (χ0v) is 9.48. The zero-order valence-electron chi connectivity index (χ0n) is 8.67. The second kappa shape index (κ2) is 5.03. The van der Waals surface area contributed by atoms with Gasteiger partial charge in [0.2, 0.25) is 0 Å². The van der Waals surface area contributed by atoms with Crippen molar-refractivity contribution >= 4 is 9.84 Å². The Kier molecular flexibility index (Phi) is 4.13. The van der Waals surface area contributed by atoms with Crippen molar-refractivity contribution in [3.8, 4) is 0 Å². The van der Waals surface area contributed by atoms with Crippen molar-refractivity contribution in [3.05, 3.63) is 30.1 Å². The Balaban J connectivity index is 2.66. The molecule has 0 saturated heterocycles. The molecule has 96 valence electrons. The van der Waals surface area contributed by atoms with Gasteiger partial charge in [-0.1, -0.05) is 0 Å². The molecule has 0 aliphatic carbocycles. The number of hydrogen-bond donors (Lipinski definition) is 0. The fraction of sp³-hybridized carbons (Fsp3) is 0.400. The van der Waals surface area contributed by atoms with Gasteiger partial charge in [0.25, 0.3) is 0 Å². The van der Waals surface area contributed by atoms with Gasteiger partial charge in [0.15, 0.2) is 9.84 Å². The van der Waals surface area contributed by atoms with Crippen LogP contribution in [0, 0.1) is 5.82 Å². The van der Waals surface area contributed by atoms with Crippen LogP contribution in [0.5, 0.6) is 0 Å². The highest BCUT2D eigenvalue weighted by Gasteiger charge is 2.27. The summed E-state index contributed by atoms with van der Waals surface area (Å²) in [6.07, 6.45) is -6.01. The van der Waals surface area contributed by atoms with E-state index in [0.29, 0.717) is 0 Å². The van der Waals surface area contributed by atoms with Gasteiger partial charge in [0.1, 0.15) is 5.82 Å². The summed E-state index contributed by atoms with van der Waals surface area (Å²) in [7, 11) is -3.77. The summed E-state index contributed by atoms with van der Waals surface area (Å²) in [6.45, 7) is 0. The topological polar surface area (TPSA) is 34.1 Å². The first-order chi connectivity index (χ1) is 7.71. The van der Waals surface area contributed by atoms with Gasteiger partial charge in [-0.15, -0.1) is 0 Å². The first-order valence-corrected chi connectivity index (χ1v) is 6.41. The Morgan fingerprint density at radius 1 is 1.06 bits per heavy atom. The Labute approximate surface area is 96.2 Å². The summed E-state index contributed by atoms with van der Waals surface area (Å²) in [6, 6.07) is 3.99. The van der Waals surface area contributed by atoms with E-state index in [9.17, 15) is 26.0 Å². The molecule has 0 N–H and O–H groups in total. The molecule has 0 fully saturated rings. The molecular weight excluding hydrogens is 260 g/mol. The summed E-state index contributed by atoms with van der Waals surface area (Å²) in [5.74, 6) is -1.20. The van der Waals surface area contributed by atoms with Crippen molar-refractivity contribution in [2.24, 2.45) is 0 Å². The quantitative estimate of drug-likeness (QED) is 0.622. The van der Waals surface area contributed by atoms with Crippen LogP contribution < -0.4 is 0 Å². The van der Waals surface area contributed by atoms with Crippen LogP contribution >= 0.6 is 0 Å². The van der Waals surface area contributed by atoms with Gasteiger partial charge in [-0.3, -0.25) is 0 Å². The molecule has 0 aliphatic rings. The minimum Gasteiger partial charge on any atom is -0.224 e. The summed E-state index contributed by atoms with van der Waals surface area (Å²) in [5, 5.41) is 0. The second-order valence-corrected chi connectivity index (χ2v) is 5.60. The van der Waals surface area contributed by atoms with Crippen molar-refractivity contribution in [2.45, 2.75) is 23.9 Å². The molecule has 0 atom stereocenters. The van der Waals surface area contributed by atoms with Gasteiger partial charge in [-0.05, 0) is 30.7 Å². The van der Waals surface area contributed by atoms with Crippen LogP contribution in [-0.2, 0) is 9.84 Å². The minimum absolute atomic E-state index is 0.166. The molecule has 2 nitrogen and oxygen atoms in total. The molecule has 7 heteroatoms. The molecule has 0 radical (unpaired) electrons. The van der Waals surface area contributed by atoms with Gasteiger partial charge < -0.3 is 0 Å². The number of sulfone groups is 1. The maximum atomic E-state index is 12.5. The molecule has 0 amide bonds. The molecule has 0 saturated carbocycles. The third kappa shape index (κ3) is 4.72. The van der Waals surface area contributed by atoms with E-state index in [2.05, 4.69) is 0 Å². The van der Waals surface area contributed by atoms with Gasteiger partial charge in [-0.25, -0.2) is 12.8 Å². The van der Waals surface area contributed by atoms with Crippen molar-refractivity contribution in [1.29, 1.82) is 0 Å². The van der Waals surface area contributed by atoms with E-state index in [-0.39, 0.29) is 4.90 Å². The molecule has 17 heavy (non-hydrogen) atoms. The van der Waals surface area contributed by atoms with E-state index in [0.717, 1.165) is 24.3 Å². The third-order valence-electron chi connectivity index (χ3n) is 2.05. The molecular formula is C10H10F4O2S. The van der Waals surface area contributed by atoms with E-state index < -0.39 is 40.4 Å². The van der Waals surface area contributed by atoms with Gasteiger partial charge in [-0.2, -0.15) is 13.2 Å². The SMILES string of the molecule is O=S(=O)(CCCC(F)(F)F)c1ccc(F)cc1. The van der Waals surface area contributed by atoms with E-state index in [1.807, 2.05) is 0 Å². The van der Waals surface area contributed by atoms with Crippen LogP contribution in [0.3, 0.4) is 0 Å². The van der Waals surface area contributed by atoms with E-state index >= 15 is 0 Å². The van der Waals surface area contributed by atoms with Crippen LogP contribution in [0.4, 0.5) is 17.6 Å². The zero-order chi connectivity index (χ0) is 13.1. The molecule has 0 unspecified atom stereocenters. The van der Waals surface area contributed by atoms with Crippen LogP contribution in [-0.4, -0.2) is 20.3 Å². The van der Waals surface area contributed by atoms with E-state index in [4.69, 9.17) is 0 Å². The average Bonchev–Trinajstić information content (AvgIpc) is 2.15. The maximum absolute atomic E-state index is 12.5. The highest BCUT2D eigenvalue weighted by molar-refractivity contribution is 7.91. The second-order valence-electron chi connectivity index (χ2n) is 3.49. The molecule has 0 bridgehead atoms. The largest absolute Gasteiger partial charge is 0.389 e. The summed E-state index contributed by atoms with van der Waals surface area (Å²) in [4.78, 5) is -0.166. The van der Waals surface area contributed by atoms with Gasteiger partial charge in [0, 0.05) is 6.42 Å². The lowest BCUT2D eigenvalue weighted by molar-refractivity contribution is -0.134. The number of halogens is 4. The molecule has 0 aromatic heterocycles. The van der Waals surface area contributed by atoms with E-state index in [1.54, 1.807) is 0 Å². The number of benzene rings is 1. The lowest BCUT2D eigenvalue weighted by Crippen LogP contribution is -2.12. The van der Waals surface area contributed by atoms with Crippen molar-refractivity contribution in [2.75, 3.05) is 5.75 Å². The Hall–Kier alpha value is -1.11. The number of hydrogen-bond acceptors (Lipinski definition) is 2. The predicted molar refractivity (Wildman–Crippen MR) is 53.7 cm³/mol. The lowest BCUT2D eigenvalue weighted by atomic mass is 10.3. The molecule has 0 aliphatic heterocycles. The summed E-state index contributed by atoms with van der Waals surface area (Å²) >= 11 is 0. The van der Waals surface area contributed by atoms with Crippen LogP contribution in [0.1, 0.15) is 12.8 Å². The van der Waals surface area contributed by atoms with Crippen LogP contribution in [0.25, 0.3) is 0 Å². The summed E-state index contributed by atoms with van der Waals surface area (Å²) < 4.78 is 71.1. The Morgan fingerprint density at radius 3 is 2.06 bits per heavy atom. The molecule has 1 aromatic carbocycles. The van der Waals surface area contributed by atoms with Gasteiger partial charge >= 0.3 is 6.18 Å². The molecule has 1 rings (SSSR count). The minimum atomic E-state index is -4.36. The fourth-order valence-corrected chi connectivity index (χ4v) is 2.53. The van der Waals surface area contributed by atoms with Crippen molar-refractivity contribution < 1.29 is 26.0 Å². The monoisotopic (exact) mass is 270 g/mol. The maximum Gasteiger partial charge on any atom is 0.389 e. The predicted octanol–water partition coefficient (Wildman–Crippen LogP) is 2.94. The molecule has 0 heterocycles. The smallest absolute Gasteiger partial charge is 0.224 e. The van der Waals surface area contributed by atoms with Crippen LogP contribution in [0.15, 0.2) is 29.2 Å². The molecule has 0 spiro atoms. The highest BCUT2D eigenvalue weighted by atomic mass is 32.2.